The molecular weight excluding hydrogens is 502 g/mol. The van der Waals surface area contributed by atoms with Crippen LogP contribution in [-0.2, 0) is 14.3 Å². The number of benzene rings is 3. The van der Waals surface area contributed by atoms with Crippen LogP contribution in [-0.4, -0.2) is 28.8 Å². The van der Waals surface area contributed by atoms with Crippen molar-refractivity contribution in [3.05, 3.63) is 94.8 Å². The minimum Gasteiger partial charge on any atom is -0.479 e. The van der Waals surface area contributed by atoms with E-state index in [9.17, 15) is 19.1 Å². The average Bonchev–Trinajstić information content (AvgIpc) is 3.70. The Labute approximate surface area is 219 Å². The van der Waals surface area contributed by atoms with E-state index in [2.05, 4.69) is 0 Å². The number of esters is 1. The maximum Gasteiger partial charge on any atom is 0.346 e. The van der Waals surface area contributed by atoms with E-state index in [-0.39, 0.29) is 11.7 Å². The van der Waals surface area contributed by atoms with Crippen molar-refractivity contribution in [2.24, 2.45) is 5.92 Å². The number of carboxylic acid groups (broad SMARTS) is 1. The Morgan fingerprint density at radius 1 is 1.03 bits per heavy atom. The fourth-order valence-corrected chi connectivity index (χ4v) is 4.92. The summed E-state index contributed by atoms with van der Waals surface area (Å²) in [6.45, 7) is 2.65. The molecule has 0 spiro atoms. The van der Waals surface area contributed by atoms with Crippen molar-refractivity contribution in [2.45, 2.75) is 50.3 Å². The molecule has 4 rings (SSSR count). The van der Waals surface area contributed by atoms with Gasteiger partial charge in [0.1, 0.15) is 5.75 Å². The molecule has 0 amide bonds. The zero-order valence-corrected chi connectivity index (χ0v) is 21.1. The summed E-state index contributed by atoms with van der Waals surface area (Å²) in [5.41, 5.74) is -2.17. The van der Waals surface area contributed by atoms with Gasteiger partial charge in [0, 0.05) is 23.8 Å². The van der Waals surface area contributed by atoms with Crippen molar-refractivity contribution in [2.75, 3.05) is 0 Å². The molecule has 0 saturated heterocycles. The quantitative estimate of drug-likeness (QED) is 0.280. The molecule has 0 aliphatic heterocycles. The van der Waals surface area contributed by atoms with Gasteiger partial charge in [-0.25, -0.2) is 13.6 Å². The van der Waals surface area contributed by atoms with Crippen molar-refractivity contribution in [1.29, 1.82) is 0 Å². The monoisotopic (exact) mass is 528 g/mol. The highest BCUT2D eigenvalue weighted by Gasteiger charge is 2.61. The van der Waals surface area contributed by atoms with Crippen LogP contribution in [0.5, 0.6) is 11.5 Å². The highest BCUT2D eigenvalue weighted by Crippen LogP contribution is 2.53. The Morgan fingerprint density at radius 2 is 1.65 bits per heavy atom. The van der Waals surface area contributed by atoms with Gasteiger partial charge in [-0.1, -0.05) is 54.9 Å². The predicted octanol–water partition coefficient (Wildman–Crippen LogP) is 7.29. The molecular formula is C29H27ClF2O5. The second-order valence-electron chi connectivity index (χ2n) is 9.36. The number of carboxylic acids is 1. The molecule has 1 fully saturated rings. The van der Waals surface area contributed by atoms with Gasteiger partial charge in [-0.2, -0.15) is 0 Å². The first-order chi connectivity index (χ1) is 17.6. The molecule has 1 aliphatic carbocycles. The molecule has 37 heavy (non-hydrogen) atoms. The zero-order chi connectivity index (χ0) is 26.7. The highest BCUT2D eigenvalue weighted by molar-refractivity contribution is 6.30. The lowest BCUT2D eigenvalue weighted by Gasteiger charge is -2.39. The summed E-state index contributed by atoms with van der Waals surface area (Å²) in [6, 6.07) is 18.8. The first-order valence-electron chi connectivity index (χ1n) is 12.0. The van der Waals surface area contributed by atoms with Crippen molar-refractivity contribution in [3.8, 4) is 11.5 Å². The molecule has 1 N–H and O–H groups in total. The molecule has 1 saturated carbocycles. The number of halogens is 3. The molecule has 4 atom stereocenters. The largest absolute Gasteiger partial charge is 0.479 e. The Morgan fingerprint density at radius 3 is 2.22 bits per heavy atom. The number of carbonyl (C=O) groups excluding carboxylic acids is 1. The van der Waals surface area contributed by atoms with Gasteiger partial charge >= 0.3 is 11.9 Å². The first kappa shape index (κ1) is 26.6. The lowest BCUT2D eigenvalue weighted by molar-refractivity contribution is -0.176. The molecule has 0 bridgehead atoms. The molecule has 194 valence electrons. The number of rotatable bonds is 10. The van der Waals surface area contributed by atoms with E-state index >= 15 is 4.39 Å². The highest BCUT2D eigenvalue weighted by atomic mass is 35.5. The van der Waals surface area contributed by atoms with Gasteiger partial charge in [0.2, 0.25) is 0 Å². The summed E-state index contributed by atoms with van der Waals surface area (Å²) >= 11 is 6.01. The van der Waals surface area contributed by atoms with Gasteiger partial charge in [0.05, 0.1) is 0 Å². The van der Waals surface area contributed by atoms with Gasteiger partial charge in [-0.15, -0.1) is 0 Å². The number of carbonyl (C=O) groups is 2. The Kier molecular flexibility index (Phi) is 7.83. The van der Waals surface area contributed by atoms with E-state index in [1.54, 1.807) is 61.5 Å². The SMILES string of the molecule is CC(=O)O[C@H](C(C)c1ccc(F)c(Oc2ccccc2)c1)[C@@](F)(C(=O)O)C(c1ccc(Cl)cc1)C1CC1. The minimum absolute atomic E-state index is 0.117. The average molecular weight is 529 g/mol. The molecule has 5 nitrogen and oxygen atoms in total. The summed E-state index contributed by atoms with van der Waals surface area (Å²) in [5, 5.41) is 10.7. The van der Waals surface area contributed by atoms with Crippen molar-refractivity contribution < 1.29 is 33.0 Å². The summed E-state index contributed by atoms with van der Waals surface area (Å²) < 4.78 is 42.8. The molecule has 3 aromatic carbocycles. The topological polar surface area (TPSA) is 72.8 Å². The number of ether oxygens (including phenoxy) is 2. The van der Waals surface area contributed by atoms with Crippen LogP contribution in [0.25, 0.3) is 0 Å². The third kappa shape index (κ3) is 5.77. The molecule has 0 radical (unpaired) electrons. The van der Waals surface area contributed by atoms with Gasteiger partial charge < -0.3 is 14.6 Å². The van der Waals surface area contributed by atoms with Crippen LogP contribution in [0.4, 0.5) is 8.78 Å². The van der Waals surface area contributed by atoms with E-state index in [1.165, 1.54) is 12.1 Å². The van der Waals surface area contributed by atoms with Crippen molar-refractivity contribution in [1.82, 2.24) is 0 Å². The molecule has 8 heteroatoms. The molecule has 2 unspecified atom stereocenters. The second-order valence-corrected chi connectivity index (χ2v) is 9.80. The van der Waals surface area contributed by atoms with Crippen LogP contribution < -0.4 is 4.74 Å². The van der Waals surface area contributed by atoms with Crippen molar-refractivity contribution in [3.63, 3.8) is 0 Å². The van der Waals surface area contributed by atoms with Crippen LogP contribution in [0.2, 0.25) is 5.02 Å². The lowest BCUT2D eigenvalue weighted by Crippen LogP contribution is -2.54. The molecule has 0 aromatic heterocycles. The second kappa shape index (κ2) is 10.9. The van der Waals surface area contributed by atoms with Crippen LogP contribution in [0.3, 0.4) is 0 Å². The zero-order valence-electron chi connectivity index (χ0n) is 20.4. The smallest absolute Gasteiger partial charge is 0.346 e. The van der Waals surface area contributed by atoms with Gasteiger partial charge in [0.25, 0.3) is 5.67 Å². The van der Waals surface area contributed by atoms with Gasteiger partial charge in [0.15, 0.2) is 17.7 Å². The van der Waals surface area contributed by atoms with Crippen LogP contribution in [0.15, 0.2) is 72.8 Å². The van der Waals surface area contributed by atoms with E-state index in [0.29, 0.717) is 34.7 Å². The maximum absolute atomic E-state index is 17.1. The molecule has 0 heterocycles. The van der Waals surface area contributed by atoms with Gasteiger partial charge in [-0.05, 0) is 66.3 Å². The van der Waals surface area contributed by atoms with Crippen molar-refractivity contribution >= 4 is 23.5 Å². The summed E-state index contributed by atoms with van der Waals surface area (Å²) in [6.07, 6.45) is -0.434. The number of para-hydroxylation sites is 1. The summed E-state index contributed by atoms with van der Waals surface area (Å²) in [4.78, 5) is 24.8. The first-order valence-corrected chi connectivity index (χ1v) is 12.4. The lowest BCUT2D eigenvalue weighted by atomic mass is 9.72. The number of alkyl halides is 1. The van der Waals surface area contributed by atoms with Gasteiger partial charge in [-0.3, -0.25) is 4.79 Å². The Bertz CT molecular complexity index is 1260. The Balaban J connectivity index is 1.77. The third-order valence-corrected chi connectivity index (χ3v) is 6.97. The minimum atomic E-state index is -2.98. The Hall–Kier alpha value is -3.45. The third-order valence-electron chi connectivity index (χ3n) is 6.72. The standard InChI is InChI=1S/C29H27ClF2O5/c1-17(21-12-15-24(31)25(16-21)37-23-6-4-3-5-7-23)27(36-18(2)33)29(32,28(34)35)26(19-8-9-19)20-10-13-22(30)14-11-20/h3-7,10-17,19,26-27H,8-9H2,1-2H3,(H,34,35)/t17?,26?,27-,29-/m1/s1. The number of aliphatic carboxylic acids is 1. The van der Waals surface area contributed by atoms with E-state index in [0.717, 1.165) is 13.0 Å². The maximum atomic E-state index is 17.1. The van der Waals surface area contributed by atoms with Crippen LogP contribution >= 0.6 is 11.6 Å². The van der Waals surface area contributed by atoms with E-state index in [1.807, 2.05) is 0 Å². The summed E-state index contributed by atoms with van der Waals surface area (Å²) in [7, 11) is 0. The fourth-order valence-electron chi connectivity index (χ4n) is 4.79. The van der Waals surface area contributed by atoms with Crippen LogP contribution in [0, 0.1) is 11.7 Å². The van der Waals surface area contributed by atoms with E-state index in [4.69, 9.17) is 21.1 Å². The predicted molar refractivity (Wildman–Crippen MR) is 135 cm³/mol. The normalized spacial score (nSPS) is 17.2. The number of hydrogen-bond donors (Lipinski definition) is 1. The number of hydrogen-bond acceptors (Lipinski definition) is 4. The summed E-state index contributed by atoms with van der Waals surface area (Å²) in [5.74, 6) is -5.23. The molecule has 3 aromatic rings. The van der Waals surface area contributed by atoms with Crippen LogP contribution in [0.1, 0.15) is 49.7 Å². The van der Waals surface area contributed by atoms with E-state index < -0.39 is 41.4 Å². The fraction of sp³-hybridized carbons (Fsp3) is 0.310. The molecule has 1 aliphatic rings.